The Labute approximate surface area is 122 Å². The summed E-state index contributed by atoms with van der Waals surface area (Å²) < 4.78 is 28.8. The van der Waals surface area contributed by atoms with Gasteiger partial charge in [-0.25, -0.2) is 13.8 Å². The van der Waals surface area contributed by atoms with E-state index in [4.69, 9.17) is 5.11 Å². The molecule has 0 saturated carbocycles. The minimum Gasteiger partial charge on any atom is -0.481 e. The Hall–Kier alpha value is -2.28. The molecule has 0 aliphatic heterocycles. The second kappa shape index (κ2) is 5.25. The average Bonchev–Trinajstić information content (AvgIpc) is 3.00. The Morgan fingerprint density at radius 1 is 1.38 bits per heavy atom. The Balaban J connectivity index is 2.01. The van der Waals surface area contributed by atoms with Crippen LogP contribution in [0.15, 0.2) is 29.8 Å². The highest BCUT2D eigenvalue weighted by atomic mass is 32.1. The first-order valence-corrected chi connectivity index (χ1v) is 7.06. The van der Waals surface area contributed by atoms with E-state index in [1.165, 1.54) is 23.5 Å². The van der Waals surface area contributed by atoms with E-state index in [1.54, 1.807) is 10.6 Å². The van der Waals surface area contributed by atoms with Crippen molar-refractivity contribution in [3.8, 4) is 11.3 Å². The van der Waals surface area contributed by atoms with Crippen molar-refractivity contribution in [3.63, 3.8) is 0 Å². The molecule has 2 heterocycles. The number of rotatable bonds is 4. The van der Waals surface area contributed by atoms with Gasteiger partial charge in [0.1, 0.15) is 0 Å². The van der Waals surface area contributed by atoms with Crippen LogP contribution in [0.25, 0.3) is 16.2 Å². The molecule has 0 atom stereocenters. The maximum Gasteiger partial charge on any atom is 0.303 e. The monoisotopic (exact) mass is 308 g/mol. The molecule has 0 aliphatic carbocycles. The second-order valence-corrected chi connectivity index (χ2v) is 5.34. The number of hydrogen-bond donors (Lipinski definition) is 1. The Bertz CT molecular complexity index is 826. The van der Waals surface area contributed by atoms with Gasteiger partial charge >= 0.3 is 5.97 Å². The van der Waals surface area contributed by atoms with Crippen molar-refractivity contribution in [2.75, 3.05) is 0 Å². The van der Waals surface area contributed by atoms with E-state index in [0.717, 1.165) is 11.8 Å². The summed E-state index contributed by atoms with van der Waals surface area (Å²) in [7, 11) is 0. The van der Waals surface area contributed by atoms with E-state index < -0.39 is 17.6 Å². The fourth-order valence-corrected chi connectivity index (χ4v) is 2.98. The van der Waals surface area contributed by atoms with E-state index in [0.29, 0.717) is 17.1 Å². The highest BCUT2D eigenvalue weighted by Crippen LogP contribution is 2.27. The van der Waals surface area contributed by atoms with Gasteiger partial charge in [-0.15, -0.1) is 11.3 Å². The molecule has 0 saturated heterocycles. The van der Waals surface area contributed by atoms with E-state index >= 15 is 0 Å². The van der Waals surface area contributed by atoms with Crippen LogP contribution in [-0.2, 0) is 11.2 Å². The highest BCUT2D eigenvalue weighted by Gasteiger charge is 2.15. The lowest BCUT2D eigenvalue weighted by molar-refractivity contribution is -0.136. The van der Waals surface area contributed by atoms with Gasteiger partial charge < -0.3 is 5.11 Å². The molecule has 3 rings (SSSR count). The summed E-state index contributed by atoms with van der Waals surface area (Å²) in [6.45, 7) is 0. The van der Waals surface area contributed by atoms with Crippen molar-refractivity contribution < 1.29 is 18.7 Å². The number of carbonyl (C=O) groups is 1. The standard InChI is InChI=1S/C14H10F2N2O2S/c15-10-3-1-2-9(13(10)16)11-6-18-8(4-5-12(19)20)7-21-14(18)17-11/h1-3,6-7H,4-5H2,(H,19,20). The first-order chi connectivity index (χ1) is 10.1. The van der Waals surface area contributed by atoms with Gasteiger partial charge in [0.05, 0.1) is 12.1 Å². The molecule has 0 radical (unpaired) electrons. The maximum absolute atomic E-state index is 13.8. The predicted octanol–water partition coefficient (Wildman–Crippen LogP) is 3.36. The number of nitrogens with zero attached hydrogens (tertiary/aromatic N) is 2. The number of aromatic nitrogens is 2. The predicted molar refractivity (Wildman–Crippen MR) is 74.4 cm³/mol. The Kier molecular flexibility index (Phi) is 3.42. The van der Waals surface area contributed by atoms with Gasteiger partial charge in [-0.3, -0.25) is 9.20 Å². The van der Waals surface area contributed by atoms with Gasteiger partial charge in [-0.05, 0) is 18.6 Å². The molecular formula is C14H10F2N2O2S. The Morgan fingerprint density at radius 2 is 2.19 bits per heavy atom. The summed E-state index contributed by atoms with van der Waals surface area (Å²) >= 11 is 1.33. The van der Waals surface area contributed by atoms with Crippen molar-refractivity contribution in [2.45, 2.75) is 12.8 Å². The van der Waals surface area contributed by atoms with Crippen LogP contribution in [0.5, 0.6) is 0 Å². The summed E-state index contributed by atoms with van der Waals surface area (Å²) in [5.41, 5.74) is 1.21. The minimum absolute atomic E-state index is 0.00761. The topological polar surface area (TPSA) is 54.6 Å². The van der Waals surface area contributed by atoms with Gasteiger partial charge in [-0.1, -0.05) is 6.07 Å². The third kappa shape index (κ3) is 2.52. The summed E-state index contributed by atoms with van der Waals surface area (Å²) in [5.74, 6) is -2.74. The molecule has 21 heavy (non-hydrogen) atoms. The minimum atomic E-state index is -0.935. The number of aryl methyl sites for hydroxylation is 1. The smallest absolute Gasteiger partial charge is 0.303 e. The number of thiazole rings is 1. The van der Waals surface area contributed by atoms with E-state index in [2.05, 4.69) is 4.98 Å². The fraction of sp³-hybridized carbons (Fsp3) is 0.143. The second-order valence-electron chi connectivity index (χ2n) is 4.50. The summed E-state index contributed by atoms with van der Waals surface area (Å²) in [6, 6.07) is 3.93. The molecule has 1 aromatic carbocycles. The van der Waals surface area contributed by atoms with E-state index in [1.807, 2.05) is 5.38 Å². The van der Waals surface area contributed by atoms with Crippen LogP contribution in [0.2, 0.25) is 0 Å². The number of imidazole rings is 1. The number of carboxylic acids is 1. The quantitative estimate of drug-likeness (QED) is 0.804. The zero-order chi connectivity index (χ0) is 15.0. The molecule has 0 spiro atoms. The number of fused-ring (bicyclic) bond motifs is 1. The van der Waals surface area contributed by atoms with Gasteiger partial charge in [0.25, 0.3) is 0 Å². The average molecular weight is 308 g/mol. The summed E-state index contributed by atoms with van der Waals surface area (Å²) in [5, 5.41) is 10.5. The lowest BCUT2D eigenvalue weighted by Gasteiger charge is -1.99. The molecule has 3 aromatic rings. The summed E-state index contributed by atoms with van der Waals surface area (Å²) in [6.07, 6.45) is 1.96. The third-order valence-electron chi connectivity index (χ3n) is 3.11. The van der Waals surface area contributed by atoms with Crippen LogP contribution in [0.1, 0.15) is 12.1 Å². The summed E-state index contributed by atoms with van der Waals surface area (Å²) in [4.78, 5) is 15.5. The largest absolute Gasteiger partial charge is 0.481 e. The molecule has 1 N–H and O–H groups in total. The molecule has 0 bridgehead atoms. The molecule has 0 unspecified atom stereocenters. The molecule has 4 nitrogen and oxygen atoms in total. The van der Waals surface area contributed by atoms with Crippen molar-refractivity contribution in [1.82, 2.24) is 9.38 Å². The number of aliphatic carboxylic acids is 1. The SMILES string of the molecule is O=C(O)CCc1csc2nc(-c3cccc(F)c3F)cn12. The molecule has 2 aromatic heterocycles. The van der Waals surface area contributed by atoms with Gasteiger partial charge in [0, 0.05) is 22.8 Å². The van der Waals surface area contributed by atoms with Crippen molar-refractivity contribution in [3.05, 3.63) is 47.1 Å². The van der Waals surface area contributed by atoms with Crippen LogP contribution in [-0.4, -0.2) is 20.5 Å². The lowest BCUT2D eigenvalue weighted by Crippen LogP contribution is -1.99. The van der Waals surface area contributed by atoms with Crippen LogP contribution < -0.4 is 0 Å². The molecule has 108 valence electrons. The van der Waals surface area contributed by atoms with Crippen molar-refractivity contribution in [1.29, 1.82) is 0 Å². The molecule has 0 fully saturated rings. The highest BCUT2D eigenvalue weighted by molar-refractivity contribution is 7.15. The molecule has 0 aliphatic rings. The van der Waals surface area contributed by atoms with Crippen molar-refractivity contribution >= 4 is 22.3 Å². The lowest BCUT2D eigenvalue weighted by atomic mass is 10.1. The maximum atomic E-state index is 13.8. The zero-order valence-electron chi connectivity index (χ0n) is 10.7. The first-order valence-electron chi connectivity index (χ1n) is 6.18. The van der Waals surface area contributed by atoms with E-state index in [9.17, 15) is 13.6 Å². The zero-order valence-corrected chi connectivity index (χ0v) is 11.5. The number of halogens is 2. The third-order valence-corrected chi connectivity index (χ3v) is 3.99. The molecule has 0 amide bonds. The van der Waals surface area contributed by atoms with Crippen LogP contribution in [0, 0.1) is 11.6 Å². The van der Waals surface area contributed by atoms with Gasteiger partial charge in [0.2, 0.25) is 0 Å². The Morgan fingerprint density at radius 3 is 2.95 bits per heavy atom. The number of carboxylic acid groups (broad SMARTS) is 1. The first kappa shape index (κ1) is 13.7. The molecular weight excluding hydrogens is 298 g/mol. The molecule has 7 heteroatoms. The number of benzene rings is 1. The van der Waals surface area contributed by atoms with Crippen molar-refractivity contribution in [2.24, 2.45) is 0 Å². The fourth-order valence-electron chi connectivity index (χ4n) is 2.08. The normalized spacial score (nSPS) is 11.1. The van der Waals surface area contributed by atoms with Gasteiger partial charge in [-0.2, -0.15) is 0 Å². The van der Waals surface area contributed by atoms with Crippen LogP contribution in [0.3, 0.4) is 0 Å². The van der Waals surface area contributed by atoms with Gasteiger partial charge in [0.15, 0.2) is 16.6 Å². The van der Waals surface area contributed by atoms with Crippen LogP contribution >= 0.6 is 11.3 Å². The van der Waals surface area contributed by atoms with E-state index in [-0.39, 0.29) is 12.0 Å². The van der Waals surface area contributed by atoms with Crippen LogP contribution in [0.4, 0.5) is 8.78 Å². The number of hydrogen-bond acceptors (Lipinski definition) is 3.